The highest BCUT2D eigenvalue weighted by atomic mass is 15.1. The first-order valence-corrected chi connectivity index (χ1v) is 11.9. The third-order valence-corrected chi connectivity index (χ3v) is 8.45. The summed E-state index contributed by atoms with van der Waals surface area (Å²) < 4.78 is 2.49. The van der Waals surface area contributed by atoms with Gasteiger partial charge in [0.15, 0.2) is 0 Å². The highest BCUT2D eigenvalue weighted by Crippen LogP contribution is 2.57. The Labute approximate surface area is 181 Å². The highest BCUT2D eigenvalue weighted by Gasteiger charge is 2.48. The molecule has 1 saturated carbocycles. The molecule has 1 fully saturated rings. The lowest BCUT2D eigenvalue weighted by Crippen LogP contribution is -2.44. The van der Waals surface area contributed by atoms with Gasteiger partial charge < -0.3 is 4.57 Å². The first kappa shape index (κ1) is 19.8. The quantitative estimate of drug-likeness (QED) is 0.435. The summed E-state index contributed by atoms with van der Waals surface area (Å²) in [5.74, 6) is 1.67. The molecule has 1 heterocycles. The second-order valence-corrected chi connectivity index (χ2v) is 10.8. The molecule has 0 saturated heterocycles. The normalized spacial score (nSPS) is 26.4. The Bertz CT molecular complexity index is 1110. The first-order valence-electron chi connectivity index (χ1n) is 11.9. The molecule has 158 valence electrons. The van der Waals surface area contributed by atoms with Gasteiger partial charge in [0.05, 0.1) is 11.0 Å². The maximum absolute atomic E-state index is 5.29. The Hall–Kier alpha value is -2.09. The lowest BCUT2D eigenvalue weighted by atomic mass is 9.52. The van der Waals surface area contributed by atoms with Gasteiger partial charge >= 0.3 is 0 Å². The predicted octanol–water partition coefficient (Wildman–Crippen LogP) is 7.90. The largest absolute Gasteiger partial charge is 0.321 e. The lowest BCUT2D eigenvalue weighted by molar-refractivity contribution is 0.188. The number of imidazole rings is 1. The van der Waals surface area contributed by atoms with Crippen LogP contribution >= 0.6 is 0 Å². The van der Waals surface area contributed by atoms with E-state index >= 15 is 0 Å². The average molecular weight is 401 g/mol. The summed E-state index contributed by atoms with van der Waals surface area (Å²) >= 11 is 0. The van der Waals surface area contributed by atoms with Crippen molar-refractivity contribution in [2.75, 3.05) is 0 Å². The van der Waals surface area contributed by atoms with Crippen molar-refractivity contribution >= 4 is 11.0 Å². The van der Waals surface area contributed by atoms with E-state index in [1.807, 2.05) is 0 Å². The van der Waals surface area contributed by atoms with E-state index in [0.29, 0.717) is 22.8 Å². The summed E-state index contributed by atoms with van der Waals surface area (Å²) in [5.41, 5.74) is 9.04. The molecule has 30 heavy (non-hydrogen) atoms. The summed E-state index contributed by atoms with van der Waals surface area (Å²) in [5, 5.41) is 0. The van der Waals surface area contributed by atoms with Crippen molar-refractivity contribution in [3.8, 4) is 11.4 Å². The summed E-state index contributed by atoms with van der Waals surface area (Å²) in [4.78, 5) is 5.29. The topological polar surface area (TPSA) is 17.8 Å². The number of hydrogen-bond donors (Lipinski definition) is 0. The van der Waals surface area contributed by atoms with E-state index in [2.05, 4.69) is 82.5 Å². The molecular formula is C28H36N2. The minimum absolute atomic E-state index is 0.331. The van der Waals surface area contributed by atoms with Crippen LogP contribution in [0.1, 0.15) is 102 Å². The second-order valence-electron chi connectivity index (χ2n) is 10.8. The Morgan fingerprint density at radius 3 is 2.13 bits per heavy atom. The fourth-order valence-corrected chi connectivity index (χ4v) is 6.10. The number of nitrogens with zero attached hydrogens (tertiary/aromatic N) is 2. The zero-order chi connectivity index (χ0) is 21.3. The standard InChI is InChI=1S/C28H36N2/c1-7-19(4)20-10-8-9-11-21(20)26-29-24-16-22-23(17-25(24)30(26)18(2)3)28(6)14-12-27(22,5)13-15-28/h8-11,16-19H,7,12-15H2,1-6H3. The van der Waals surface area contributed by atoms with Crippen LogP contribution in [0.5, 0.6) is 0 Å². The fourth-order valence-electron chi connectivity index (χ4n) is 6.10. The number of aromatic nitrogens is 2. The van der Waals surface area contributed by atoms with E-state index in [1.54, 1.807) is 11.1 Å². The molecule has 2 bridgehead atoms. The van der Waals surface area contributed by atoms with Crippen LogP contribution in [-0.2, 0) is 10.8 Å². The van der Waals surface area contributed by atoms with Crippen LogP contribution in [0.4, 0.5) is 0 Å². The minimum Gasteiger partial charge on any atom is -0.321 e. The zero-order valence-corrected chi connectivity index (χ0v) is 19.5. The van der Waals surface area contributed by atoms with Gasteiger partial charge in [-0.15, -0.1) is 0 Å². The van der Waals surface area contributed by atoms with Gasteiger partial charge in [0.25, 0.3) is 0 Å². The van der Waals surface area contributed by atoms with Gasteiger partial charge in [0, 0.05) is 11.6 Å². The lowest BCUT2D eigenvalue weighted by Gasteiger charge is -2.52. The van der Waals surface area contributed by atoms with Crippen LogP contribution in [0, 0.1) is 0 Å². The van der Waals surface area contributed by atoms with Gasteiger partial charge in [0.1, 0.15) is 5.82 Å². The predicted molar refractivity (Wildman–Crippen MR) is 127 cm³/mol. The molecule has 0 amide bonds. The second kappa shape index (κ2) is 6.70. The van der Waals surface area contributed by atoms with E-state index in [-0.39, 0.29) is 0 Å². The van der Waals surface area contributed by atoms with Gasteiger partial charge in [-0.3, -0.25) is 0 Å². The van der Waals surface area contributed by atoms with E-state index in [9.17, 15) is 0 Å². The van der Waals surface area contributed by atoms with Crippen molar-refractivity contribution in [1.82, 2.24) is 9.55 Å². The molecular weight excluding hydrogens is 364 g/mol. The molecule has 3 aliphatic carbocycles. The third-order valence-electron chi connectivity index (χ3n) is 8.45. The van der Waals surface area contributed by atoms with Crippen LogP contribution in [-0.4, -0.2) is 9.55 Å². The molecule has 1 atom stereocenters. The summed E-state index contributed by atoms with van der Waals surface area (Å²) in [6.45, 7) is 14.2. The van der Waals surface area contributed by atoms with Crippen LogP contribution in [0.15, 0.2) is 36.4 Å². The number of hydrogen-bond acceptors (Lipinski definition) is 1. The smallest absolute Gasteiger partial charge is 0.141 e. The SMILES string of the molecule is CCC(C)c1ccccc1-c1nc2cc3c(cc2n1C(C)C)C1(C)CCC3(C)CC1. The van der Waals surface area contributed by atoms with E-state index in [1.165, 1.54) is 47.8 Å². The van der Waals surface area contributed by atoms with Gasteiger partial charge in [-0.1, -0.05) is 52.0 Å². The van der Waals surface area contributed by atoms with Crippen LogP contribution < -0.4 is 0 Å². The summed E-state index contributed by atoms with van der Waals surface area (Å²) in [7, 11) is 0. The van der Waals surface area contributed by atoms with Crippen molar-refractivity contribution < 1.29 is 0 Å². The van der Waals surface area contributed by atoms with Crippen molar-refractivity contribution in [2.24, 2.45) is 0 Å². The number of fused-ring (bicyclic) bond motifs is 3. The van der Waals surface area contributed by atoms with Crippen molar-refractivity contribution in [3.05, 3.63) is 53.1 Å². The van der Waals surface area contributed by atoms with Crippen molar-refractivity contribution in [1.29, 1.82) is 0 Å². The minimum atomic E-state index is 0.331. The molecule has 2 nitrogen and oxygen atoms in total. The van der Waals surface area contributed by atoms with Gasteiger partial charge in [-0.05, 0) is 91.5 Å². The molecule has 2 heteroatoms. The van der Waals surface area contributed by atoms with Gasteiger partial charge in [0.2, 0.25) is 0 Å². The van der Waals surface area contributed by atoms with Crippen LogP contribution in [0.3, 0.4) is 0 Å². The van der Waals surface area contributed by atoms with Gasteiger partial charge in [-0.2, -0.15) is 0 Å². The molecule has 0 N–H and O–H groups in total. The molecule has 6 rings (SSSR count). The van der Waals surface area contributed by atoms with E-state index in [4.69, 9.17) is 4.98 Å². The summed E-state index contributed by atoms with van der Waals surface area (Å²) in [6, 6.07) is 14.2. The maximum Gasteiger partial charge on any atom is 0.141 e. The van der Waals surface area contributed by atoms with Crippen LogP contribution in [0.2, 0.25) is 0 Å². The maximum atomic E-state index is 5.29. The number of rotatable bonds is 4. The Kier molecular flexibility index (Phi) is 4.44. The zero-order valence-electron chi connectivity index (χ0n) is 19.5. The molecule has 1 aromatic heterocycles. The van der Waals surface area contributed by atoms with E-state index < -0.39 is 0 Å². The monoisotopic (exact) mass is 400 g/mol. The van der Waals surface area contributed by atoms with Crippen LogP contribution in [0.25, 0.3) is 22.4 Å². The fraction of sp³-hybridized carbons (Fsp3) is 0.536. The summed E-state index contributed by atoms with van der Waals surface area (Å²) in [6.07, 6.45) is 6.42. The number of benzene rings is 2. The third kappa shape index (κ3) is 2.72. The highest BCUT2D eigenvalue weighted by molar-refractivity contribution is 5.84. The molecule has 0 radical (unpaired) electrons. The molecule has 2 aromatic carbocycles. The van der Waals surface area contributed by atoms with Crippen molar-refractivity contribution in [2.45, 2.75) is 96.4 Å². The Morgan fingerprint density at radius 2 is 1.53 bits per heavy atom. The molecule has 3 aromatic rings. The first-order chi connectivity index (χ1) is 14.3. The average Bonchev–Trinajstić information content (AvgIpc) is 3.12. The van der Waals surface area contributed by atoms with Gasteiger partial charge in [-0.25, -0.2) is 4.98 Å². The Balaban J connectivity index is 1.80. The molecule has 0 aliphatic heterocycles. The molecule has 0 spiro atoms. The van der Waals surface area contributed by atoms with Crippen molar-refractivity contribution in [3.63, 3.8) is 0 Å². The molecule has 3 aliphatic rings. The van der Waals surface area contributed by atoms with E-state index in [0.717, 1.165) is 12.2 Å². The molecule has 1 unspecified atom stereocenters. The Morgan fingerprint density at radius 1 is 0.933 bits per heavy atom.